The molecule has 1 amide bonds. The molecule has 0 aliphatic carbocycles. The van der Waals surface area contributed by atoms with E-state index in [0.717, 1.165) is 17.0 Å². The molecular weight excluding hydrogens is 342 g/mol. The Kier molecular flexibility index (Phi) is 5.76. The Labute approximate surface area is 158 Å². The van der Waals surface area contributed by atoms with Crippen LogP contribution in [0.4, 0.5) is 5.69 Å². The number of hydrogen-bond donors (Lipinski definition) is 1. The Morgan fingerprint density at radius 1 is 1.11 bits per heavy atom. The van der Waals surface area contributed by atoms with Gasteiger partial charge in [-0.05, 0) is 49.7 Å². The first-order valence-corrected chi connectivity index (χ1v) is 8.70. The lowest BCUT2D eigenvalue weighted by molar-refractivity contribution is -0.118. The summed E-state index contributed by atoms with van der Waals surface area (Å²) in [6.07, 6.45) is 3.61. The zero-order valence-corrected chi connectivity index (χ0v) is 15.7. The van der Waals surface area contributed by atoms with Crippen LogP contribution in [0, 0.1) is 13.8 Å². The molecule has 0 aliphatic heterocycles. The molecule has 0 unspecified atom stereocenters. The summed E-state index contributed by atoms with van der Waals surface area (Å²) in [4.78, 5) is 16.3. The standard InChI is InChI=1S/C21H23N3O3/c1-15-4-9-19(16(2)12-15)27-14-21(25)23-17-5-7-18(8-6-17)26-13-20-22-10-11-24(20)3/h4-12H,13-14H2,1-3H3,(H,23,25). The first-order valence-electron chi connectivity index (χ1n) is 8.70. The molecule has 2 aromatic carbocycles. The SMILES string of the molecule is Cc1ccc(OCC(=O)Nc2ccc(OCc3nccn3C)cc2)c(C)c1. The van der Waals surface area contributed by atoms with Crippen molar-refractivity contribution in [2.45, 2.75) is 20.5 Å². The molecule has 0 saturated carbocycles. The zero-order valence-electron chi connectivity index (χ0n) is 15.7. The number of aryl methyl sites for hydroxylation is 3. The monoisotopic (exact) mass is 365 g/mol. The van der Waals surface area contributed by atoms with Crippen LogP contribution in [0.15, 0.2) is 54.9 Å². The lowest BCUT2D eigenvalue weighted by Crippen LogP contribution is -2.20. The quantitative estimate of drug-likeness (QED) is 0.694. The van der Waals surface area contributed by atoms with Crippen molar-refractivity contribution >= 4 is 11.6 Å². The van der Waals surface area contributed by atoms with E-state index in [1.54, 1.807) is 18.3 Å². The molecule has 1 heterocycles. The smallest absolute Gasteiger partial charge is 0.262 e. The van der Waals surface area contributed by atoms with Gasteiger partial charge in [0.25, 0.3) is 5.91 Å². The van der Waals surface area contributed by atoms with Gasteiger partial charge >= 0.3 is 0 Å². The number of rotatable bonds is 7. The summed E-state index contributed by atoms with van der Waals surface area (Å²) in [5, 5.41) is 2.81. The molecule has 1 N–H and O–H groups in total. The molecular formula is C21H23N3O3. The van der Waals surface area contributed by atoms with Gasteiger partial charge in [-0.1, -0.05) is 17.7 Å². The third-order valence-corrected chi connectivity index (χ3v) is 4.12. The molecule has 0 aliphatic rings. The Hall–Kier alpha value is -3.28. The van der Waals surface area contributed by atoms with Crippen LogP contribution in [0.25, 0.3) is 0 Å². The third kappa shape index (κ3) is 5.10. The summed E-state index contributed by atoms with van der Waals surface area (Å²) in [5.41, 5.74) is 2.86. The first-order chi connectivity index (χ1) is 13.0. The van der Waals surface area contributed by atoms with Gasteiger partial charge in [-0.3, -0.25) is 4.79 Å². The van der Waals surface area contributed by atoms with Crippen molar-refractivity contribution in [2.24, 2.45) is 7.05 Å². The molecule has 3 rings (SSSR count). The molecule has 0 radical (unpaired) electrons. The number of nitrogens with one attached hydrogen (secondary N) is 1. The lowest BCUT2D eigenvalue weighted by Gasteiger charge is -2.11. The largest absolute Gasteiger partial charge is 0.486 e. The fourth-order valence-corrected chi connectivity index (χ4v) is 2.62. The molecule has 6 nitrogen and oxygen atoms in total. The number of carbonyl (C=O) groups excluding carboxylic acids is 1. The number of ether oxygens (including phenoxy) is 2. The van der Waals surface area contributed by atoms with E-state index in [2.05, 4.69) is 10.3 Å². The Morgan fingerprint density at radius 3 is 2.56 bits per heavy atom. The van der Waals surface area contributed by atoms with Gasteiger partial charge in [0.05, 0.1) is 0 Å². The van der Waals surface area contributed by atoms with E-state index in [1.165, 1.54) is 0 Å². The van der Waals surface area contributed by atoms with Crippen molar-refractivity contribution < 1.29 is 14.3 Å². The summed E-state index contributed by atoms with van der Waals surface area (Å²) in [5.74, 6) is 2.06. The number of carbonyl (C=O) groups is 1. The molecule has 0 spiro atoms. The molecule has 0 saturated heterocycles. The van der Waals surface area contributed by atoms with Gasteiger partial charge in [-0.15, -0.1) is 0 Å². The number of hydrogen-bond acceptors (Lipinski definition) is 4. The average Bonchev–Trinajstić information content (AvgIpc) is 3.05. The van der Waals surface area contributed by atoms with Crippen molar-refractivity contribution in [2.75, 3.05) is 11.9 Å². The highest BCUT2D eigenvalue weighted by atomic mass is 16.5. The summed E-state index contributed by atoms with van der Waals surface area (Å²) in [6.45, 7) is 4.33. The van der Waals surface area contributed by atoms with Gasteiger partial charge in [0.15, 0.2) is 6.61 Å². The van der Waals surface area contributed by atoms with E-state index in [-0.39, 0.29) is 12.5 Å². The van der Waals surface area contributed by atoms with E-state index in [0.29, 0.717) is 23.8 Å². The van der Waals surface area contributed by atoms with Gasteiger partial charge in [0, 0.05) is 25.1 Å². The maximum absolute atomic E-state index is 12.1. The van der Waals surface area contributed by atoms with Crippen molar-refractivity contribution in [3.8, 4) is 11.5 Å². The predicted octanol–water partition coefficient (Wildman–Crippen LogP) is 3.63. The predicted molar refractivity (Wildman–Crippen MR) is 104 cm³/mol. The number of aromatic nitrogens is 2. The van der Waals surface area contributed by atoms with E-state index in [1.807, 2.05) is 62.0 Å². The topological polar surface area (TPSA) is 65.4 Å². The second kappa shape index (κ2) is 8.40. The molecule has 3 aromatic rings. The van der Waals surface area contributed by atoms with Crippen LogP contribution in [0.3, 0.4) is 0 Å². The number of nitrogens with zero attached hydrogens (tertiary/aromatic N) is 2. The van der Waals surface area contributed by atoms with Gasteiger partial charge in [0.1, 0.15) is 23.9 Å². The molecule has 140 valence electrons. The van der Waals surface area contributed by atoms with E-state index >= 15 is 0 Å². The summed E-state index contributed by atoms with van der Waals surface area (Å²) in [6, 6.07) is 13.1. The fourth-order valence-electron chi connectivity index (χ4n) is 2.62. The van der Waals surface area contributed by atoms with E-state index < -0.39 is 0 Å². The molecule has 0 fully saturated rings. The molecule has 0 atom stereocenters. The van der Waals surface area contributed by atoms with Crippen molar-refractivity contribution in [1.82, 2.24) is 9.55 Å². The second-order valence-corrected chi connectivity index (χ2v) is 6.37. The van der Waals surface area contributed by atoms with Gasteiger partial charge in [-0.2, -0.15) is 0 Å². The fraction of sp³-hybridized carbons (Fsp3) is 0.238. The normalized spacial score (nSPS) is 10.5. The minimum Gasteiger partial charge on any atom is -0.486 e. The highest BCUT2D eigenvalue weighted by Crippen LogP contribution is 2.19. The third-order valence-electron chi connectivity index (χ3n) is 4.12. The Bertz CT molecular complexity index is 917. The van der Waals surface area contributed by atoms with Crippen molar-refractivity contribution in [3.63, 3.8) is 0 Å². The van der Waals surface area contributed by atoms with Crippen LogP contribution < -0.4 is 14.8 Å². The van der Waals surface area contributed by atoms with Crippen LogP contribution in [-0.2, 0) is 18.4 Å². The van der Waals surface area contributed by atoms with Crippen LogP contribution in [-0.4, -0.2) is 22.1 Å². The first kappa shape index (κ1) is 18.5. The van der Waals surface area contributed by atoms with Crippen LogP contribution in [0.1, 0.15) is 17.0 Å². The number of imidazole rings is 1. The number of amides is 1. The number of benzene rings is 2. The summed E-state index contributed by atoms with van der Waals surface area (Å²) >= 11 is 0. The van der Waals surface area contributed by atoms with Crippen LogP contribution >= 0.6 is 0 Å². The zero-order chi connectivity index (χ0) is 19.2. The highest BCUT2D eigenvalue weighted by Gasteiger charge is 2.06. The molecule has 0 bridgehead atoms. The molecule has 27 heavy (non-hydrogen) atoms. The average molecular weight is 365 g/mol. The minimum atomic E-state index is -0.211. The lowest BCUT2D eigenvalue weighted by atomic mass is 10.1. The second-order valence-electron chi connectivity index (χ2n) is 6.37. The van der Waals surface area contributed by atoms with Crippen molar-refractivity contribution in [1.29, 1.82) is 0 Å². The number of anilines is 1. The van der Waals surface area contributed by atoms with E-state index in [9.17, 15) is 4.79 Å². The summed E-state index contributed by atoms with van der Waals surface area (Å²) in [7, 11) is 1.92. The maximum Gasteiger partial charge on any atom is 0.262 e. The molecule has 1 aromatic heterocycles. The maximum atomic E-state index is 12.1. The van der Waals surface area contributed by atoms with Gasteiger partial charge in [0.2, 0.25) is 0 Å². The van der Waals surface area contributed by atoms with Crippen molar-refractivity contribution in [3.05, 3.63) is 71.8 Å². The minimum absolute atomic E-state index is 0.0404. The van der Waals surface area contributed by atoms with Crippen LogP contribution in [0.2, 0.25) is 0 Å². The highest BCUT2D eigenvalue weighted by molar-refractivity contribution is 5.91. The molecule has 6 heteroatoms. The van der Waals surface area contributed by atoms with E-state index in [4.69, 9.17) is 9.47 Å². The van der Waals surface area contributed by atoms with Gasteiger partial charge < -0.3 is 19.4 Å². The summed E-state index contributed by atoms with van der Waals surface area (Å²) < 4.78 is 13.2. The van der Waals surface area contributed by atoms with Gasteiger partial charge in [-0.25, -0.2) is 4.98 Å². The van der Waals surface area contributed by atoms with Crippen LogP contribution in [0.5, 0.6) is 11.5 Å². The Morgan fingerprint density at radius 2 is 1.89 bits per heavy atom. The Balaban J connectivity index is 1.48.